The lowest BCUT2D eigenvalue weighted by Crippen LogP contribution is -2.68. The third-order valence-electron chi connectivity index (χ3n) is 13.4. The number of aliphatic hydroxyl groups is 3. The molecule has 4 saturated carbocycles. The topological polar surface area (TPSA) is 98.0 Å². The van der Waals surface area contributed by atoms with Gasteiger partial charge in [-0.25, -0.2) is 0 Å². The summed E-state index contributed by atoms with van der Waals surface area (Å²) >= 11 is 0. The summed E-state index contributed by atoms with van der Waals surface area (Å²) in [5.41, 5.74) is -1.46. The monoisotopic (exact) mass is 488 g/mol. The highest BCUT2D eigenvalue weighted by Crippen LogP contribution is 2.76. The third-order valence-corrected chi connectivity index (χ3v) is 13.4. The SMILES string of the molecule is C[C@@H]1CC[C@]2(C(=O)O)CC[C@]3(C)C(=CC[C@@H]4[C@@]5(C)C[C@@H](O)[C@H](O)C(C)(C)[C@@H]5CC[C@]43C)[C@H]2[C@]1(C)O. The van der Waals surface area contributed by atoms with Crippen molar-refractivity contribution < 1.29 is 25.2 Å². The van der Waals surface area contributed by atoms with Crippen LogP contribution in [0.2, 0.25) is 0 Å². The van der Waals surface area contributed by atoms with Crippen LogP contribution in [-0.4, -0.2) is 44.2 Å². The number of aliphatic hydroxyl groups excluding tert-OH is 2. The molecule has 4 fully saturated rings. The highest BCUT2D eigenvalue weighted by molar-refractivity contribution is 5.77. The van der Waals surface area contributed by atoms with Crippen molar-refractivity contribution in [1.29, 1.82) is 0 Å². The van der Waals surface area contributed by atoms with Gasteiger partial charge in [0.15, 0.2) is 0 Å². The van der Waals surface area contributed by atoms with Crippen molar-refractivity contribution in [2.24, 2.45) is 50.7 Å². The van der Waals surface area contributed by atoms with E-state index < -0.39 is 29.2 Å². The normalized spacial score (nSPS) is 57.1. The fraction of sp³-hybridized carbons (Fsp3) is 0.900. The quantitative estimate of drug-likeness (QED) is 0.382. The van der Waals surface area contributed by atoms with Gasteiger partial charge in [0.25, 0.3) is 0 Å². The number of carboxylic acid groups (broad SMARTS) is 1. The summed E-state index contributed by atoms with van der Waals surface area (Å²) in [6.07, 6.45) is 7.21. The van der Waals surface area contributed by atoms with Crippen LogP contribution in [0.15, 0.2) is 11.6 Å². The molecule has 0 aromatic heterocycles. The maximum Gasteiger partial charge on any atom is 0.310 e. The van der Waals surface area contributed by atoms with Gasteiger partial charge in [-0.05, 0) is 97.7 Å². The number of carbonyl (C=O) groups is 1. The van der Waals surface area contributed by atoms with Crippen molar-refractivity contribution in [2.75, 3.05) is 0 Å². The Hall–Kier alpha value is -0.910. The molecule has 0 unspecified atom stereocenters. The van der Waals surface area contributed by atoms with Crippen LogP contribution in [0, 0.1) is 50.7 Å². The standard InChI is InChI=1S/C30H48O5/c1-17-10-13-30(24(33)34)15-14-27(5)18(22(30)29(17,7)35)8-9-21-26(4)16-19(31)23(32)25(2,3)20(26)11-12-28(21,27)6/h8,17,19-23,31-32,35H,9-16H2,1-7H3,(H,33,34)/t17-,19-,20+,21-,22+,23+,26+,27-,28-,29-,30+/m1/s1. The van der Waals surface area contributed by atoms with Crippen LogP contribution >= 0.6 is 0 Å². The van der Waals surface area contributed by atoms with Crippen LogP contribution in [0.3, 0.4) is 0 Å². The highest BCUT2D eigenvalue weighted by atomic mass is 16.4. The Balaban J connectivity index is 1.65. The zero-order chi connectivity index (χ0) is 26.0. The van der Waals surface area contributed by atoms with Gasteiger partial charge in [-0.1, -0.05) is 53.2 Å². The molecule has 5 rings (SSSR count). The minimum atomic E-state index is -1.05. The second kappa shape index (κ2) is 7.35. The molecule has 0 bridgehead atoms. The van der Waals surface area contributed by atoms with Crippen LogP contribution < -0.4 is 0 Å². The minimum absolute atomic E-state index is 0.0535. The molecule has 0 aliphatic heterocycles. The maximum absolute atomic E-state index is 12.8. The van der Waals surface area contributed by atoms with Gasteiger partial charge in [0.2, 0.25) is 0 Å². The molecule has 0 amide bonds. The van der Waals surface area contributed by atoms with E-state index in [9.17, 15) is 25.2 Å². The van der Waals surface area contributed by atoms with Crippen LogP contribution in [0.25, 0.3) is 0 Å². The molecule has 11 atom stereocenters. The van der Waals surface area contributed by atoms with Crippen molar-refractivity contribution in [2.45, 2.75) is 118 Å². The maximum atomic E-state index is 12.8. The average molecular weight is 489 g/mol. The van der Waals surface area contributed by atoms with Gasteiger partial charge in [0.1, 0.15) is 0 Å². The molecule has 0 aromatic rings. The van der Waals surface area contributed by atoms with Crippen LogP contribution in [0.1, 0.15) is 99.8 Å². The first-order valence-electron chi connectivity index (χ1n) is 14.0. The Morgan fingerprint density at radius 1 is 0.943 bits per heavy atom. The molecule has 4 N–H and O–H groups in total. The molecule has 0 heterocycles. The predicted molar refractivity (Wildman–Crippen MR) is 135 cm³/mol. The Morgan fingerprint density at radius 2 is 1.60 bits per heavy atom. The van der Waals surface area contributed by atoms with Gasteiger partial charge in [0, 0.05) is 5.92 Å². The number of rotatable bonds is 1. The van der Waals surface area contributed by atoms with E-state index in [4.69, 9.17) is 0 Å². The van der Waals surface area contributed by atoms with E-state index in [0.717, 1.165) is 32.1 Å². The number of carboxylic acids is 1. The molecular formula is C30H48O5. The molecule has 0 radical (unpaired) electrons. The van der Waals surface area contributed by atoms with Crippen LogP contribution in [0.5, 0.6) is 0 Å². The van der Waals surface area contributed by atoms with E-state index in [2.05, 4.69) is 47.6 Å². The van der Waals surface area contributed by atoms with E-state index in [1.807, 2.05) is 6.92 Å². The van der Waals surface area contributed by atoms with E-state index >= 15 is 0 Å². The Labute approximate surface area is 211 Å². The van der Waals surface area contributed by atoms with Crippen molar-refractivity contribution in [3.05, 3.63) is 11.6 Å². The first kappa shape index (κ1) is 25.7. The molecule has 198 valence electrons. The smallest absolute Gasteiger partial charge is 0.310 e. The summed E-state index contributed by atoms with van der Waals surface area (Å²) < 4.78 is 0. The van der Waals surface area contributed by atoms with Gasteiger partial charge >= 0.3 is 5.97 Å². The highest BCUT2D eigenvalue weighted by Gasteiger charge is 2.71. The van der Waals surface area contributed by atoms with Crippen molar-refractivity contribution in [3.8, 4) is 0 Å². The Morgan fingerprint density at radius 3 is 2.23 bits per heavy atom. The Kier molecular flexibility index (Phi) is 5.40. The van der Waals surface area contributed by atoms with E-state index in [1.54, 1.807) is 0 Å². The van der Waals surface area contributed by atoms with Gasteiger partial charge in [0.05, 0.1) is 23.2 Å². The summed E-state index contributed by atoms with van der Waals surface area (Å²) in [6, 6.07) is 0. The van der Waals surface area contributed by atoms with Crippen LogP contribution in [-0.2, 0) is 4.79 Å². The second-order valence-corrected chi connectivity index (χ2v) is 14.9. The van der Waals surface area contributed by atoms with E-state index in [-0.39, 0.29) is 33.5 Å². The lowest BCUT2D eigenvalue weighted by Gasteiger charge is -2.72. The second-order valence-electron chi connectivity index (χ2n) is 14.9. The summed E-state index contributed by atoms with van der Waals surface area (Å²) in [5, 5.41) is 44.3. The van der Waals surface area contributed by atoms with E-state index in [1.165, 1.54) is 5.57 Å². The number of aliphatic carboxylic acids is 1. The van der Waals surface area contributed by atoms with E-state index in [0.29, 0.717) is 31.1 Å². The summed E-state index contributed by atoms with van der Waals surface area (Å²) in [7, 11) is 0. The number of fused-ring (bicyclic) bond motifs is 7. The van der Waals surface area contributed by atoms with Crippen molar-refractivity contribution in [1.82, 2.24) is 0 Å². The molecule has 0 saturated heterocycles. The molecule has 5 heteroatoms. The summed E-state index contributed by atoms with van der Waals surface area (Å²) in [5.74, 6) is -0.394. The molecule has 0 spiro atoms. The van der Waals surface area contributed by atoms with Crippen molar-refractivity contribution in [3.63, 3.8) is 0 Å². The molecule has 5 aliphatic rings. The fourth-order valence-corrected chi connectivity index (χ4v) is 11.0. The average Bonchev–Trinajstić information content (AvgIpc) is 2.75. The van der Waals surface area contributed by atoms with Gasteiger partial charge in [-0.3, -0.25) is 4.79 Å². The van der Waals surface area contributed by atoms with Crippen molar-refractivity contribution >= 4 is 5.97 Å². The number of hydrogen-bond acceptors (Lipinski definition) is 4. The zero-order valence-corrected chi connectivity index (χ0v) is 22.9. The Bertz CT molecular complexity index is 952. The lowest BCUT2D eigenvalue weighted by molar-refractivity contribution is -0.237. The van der Waals surface area contributed by atoms with Gasteiger partial charge in [-0.15, -0.1) is 0 Å². The first-order valence-corrected chi connectivity index (χ1v) is 14.0. The third kappa shape index (κ3) is 2.90. The predicted octanol–water partition coefficient (Wildman–Crippen LogP) is 5.18. The largest absolute Gasteiger partial charge is 0.481 e. The minimum Gasteiger partial charge on any atom is -0.481 e. The fourth-order valence-electron chi connectivity index (χ4n) is 11.0. The number of allylic oxidation sites excluding steroid dienone is 1. The summed E-state index contributed by atoms with van der Waals surface area (Å²) in [6.45, 7) is 15.3. The molecule has 5 aliphatic carbocycles. The van der Waals surface area contributed by atoms with Crippen LogP contribution in [0.4, 0.5) is 0 Å². The molecule has 5 nitrogen and oxygen atoms in total. The zero-order valence-electron chi connectivity index (χ0n) is 22.9. The molecule has 0 aromatic carbocycles. The van der Waals surface area contributed by atoms with Gasteiger partial charge in [-0.2, -0.15) is 0 Å². The van der Waals surface area contributed by atoms with Gasteiger partial charge < -0.3 is 20.4 Å². The number of hydrogen-bond donors (Lipinski definition) is 4. The first-order chi connectivity index (χ1) is 16.0. The summed E-state index contributed by atoms with van der Waals surface area (Å²) in [4.78, 5) is 12.8. The molecular weight excluding hydrogens is 440 g/mol. The molecule has 35 heavy (non-hydrogen) atoms. The lowest BCUT2D eigenvalue weighted by atomic mass is 9.33.